The number of ether oxygens (including phenoxy) is 2. The summed E-state index contributed by atoms with van der Waals surface area (Å²) in [6.45, 7) is 7.90. The Kier molecular flexibility index (Phi) is 8.59. The van der Waals surface area contributed by atoms with Crippen molar-refractivity contribution in [2.24, 2.45) is 11.8 Å². The van der Waals surface area contributed by atoms with Crippen LogP contribution in [0.25, 0.3) is 0 Å². The van der Waals surface area contributed by atoms with E-state index in [-0.39, 0.29) is 31.6 Å². The van der Waals surface area contributed by atoms with Gasteiger partial charge < -0.3 is 29.3 Å². The average Bonchev–Trinajstić information content (AvgIpc) is 3.40. The summed E-state index contributed by atoms with van der Waals surface area (Å²) in [7, 11) is 0. The minimum atomic E-state index is -1.43. The van der Waals surface area contributed by atoms with Crippen LogP contribution in [-0.2, 0) is 30.3 Å². The van der Waals surface area contributed by atoms with E-state index in [2.05, 4.69) is 18.7 Å². The quantitative estimate of drug-likeness (QED) is 0.356. The Morgan fingerprint density at radius 3 is 2.38 bits per heavy atom. The number of likely N-dealkylation sites (tertiary alicyclic amines) is 1. The molecule has 1 N–H and O–H groups in total. The van der Waals surface area contributed by atoms with Gasteiger partial charge in [0.15, 0.2) is 0 Å². The molecule has 4 aliphatic heterocycles. The van der Waals surface area contributed by atoms with E-state index < -0.39 is 41.1 Å². The number of hydrogen-bond acceptors (Lipinski definition) is 7. The van der Waals surface area contributed by atoms with Crippen molar-refractivity contribution in [2.75, 3.05) is 42.6 Å². The summed E-state index contributed by atoms with van der Waals surface area (Å²) in [5, 5.41) is 10.8. The second-order valence-corrected chi connectivity index (χ2v) is 12.5. The van der Waals surface area contributed by atoms with Crippen LogP contribution in [0.3, 0.4) is 0 Å². The third-order valence-electron chi connectivity index (χ3n) is 9.90. The number of esters is 1. The fourth-order valence-corrected chi connectivity index (χ4v) is 7.77. The normalized spacial score (nSPS) is 30.8. The minimum Gasteiger partial charge on any atom is -0.465 e. The molecule has 0 saturated carbocycles. The number of carbonyl (C=O) groups is 3. The molecule has 1 unspecified atom stereocenters. The number of rotatable bonds is 8. The zero-order chi connectivity index (χ0) is 31.8. The van der Waals surface area contributed by atoms with E-state index in [0.29, 0.717) is 24.9 Å². The lowest BCUT2D eigenvalue weighted by molar-refractivity contribution is -0.159. The van der Waals surface area contributed by atoms with Crippen LogP contribution in [0.5, 0.6) is 0 Å². The van der Waals surface area contributed by atoms with Crippen LogP contribution in [0.1, 0.15) is 39.2 Å². The lowest BCUT2D eigenvalue weighted by atomic mass is 9.74. The van der Waals surface area contributed by atoms with Gasteiger partial charge in [0.1, 0.15) is 17.6 Å². The molecule has 6 rings (SSSR count). The van der Waals surface area contributed by atoms with E-state index in [9.17, 15) is 19.5 Å². The minimum absolute atomic E-state index is 0.246. The van der Waals surface area contributed by atoms with E-state index in [0.717, 1.165) is 24.3 Å². The van der Waals surface area contributed by atoms with Gasteiger partial charge in [0.05, 0.1) is 30.8 Å². The largest absolute Gasteiger partial charge is 0.465 e. The fraction of sp³-hybridized carbons (Fsp3) is 0.472. The molecule has 2 amide bonds. The molecule has 4 aliphatic rings. The molecule has 238 valence electrons. The first kappa shape index (κ1) is 31.0. The molecule has 0 aliphatic carbocycles. The Morgan fingerprint density at radius 2 is 1.69 bits per heavy atom. The van der Waals surface area contributed by atoms with Gasteiger partial charge in [-0.2, -0.15) is 0 Å². The van der Waals surface area contributed by atoms with Gasteiger partial charge in [-0.15, -0.1) is 0 Å². The first-order valence-corrected chi connectivity index (χ1v) is 16.1. The SMILES string of the molecule is CCN(CC)c1ccc(N2CC=C[C@]34O[C@]5(C)/C=C\CCCOC(=O)[C@@H]5[C@H]3C(=O)N([C@@H](CO)Cc3ccccc3)C4C2=O)cc1. The van der Waals surface area contributed by atoms with Gasteiger partial charge in [0, 0.05) is 31.0 Å². The maximum absolute atomic E-state index is 14.9. The van der Waals surface area contributed by atoms with Gasteiger partial charge in [-0.25, -0.2) is 0 Å². The van der Waals surface area contributed by atoms with Crippen molar-refractivity contribution < 1.29 is 29.0 Å². The van der Waals surface area contributed by atoms with Crippen LogP contribution in [0.15, 0.2) is 78.9 Å². The van der Waals surface area contributed by atoms with Gasteiger partial charge >= 0.3 is 5.97 Å². The van der Waals surface area contributed by atoms with Gasteiger partial charge in [-0.3, -0.25) is 14.4 Å². The maximum atomic E-state index is 14.9. The van der Waals surface area contributed by atoms with Crippen molar-refractivity contribution in [3.8, 4) is 0 Å². The fourth-order valence-electron chi connectivity index (χ4n) is 7.77. The molecule has 2 aromatic rings. The van der Waals surface area contributed by atoms with E-state index in [4.69, 9.17) is 9.47 Å². The van der Waals surface area contributed by atoms with Crippen LogP contribution in [0.4, 0.5) is 11.4 Å². The monoisotopic (exact) mass is 613 g/mol. The summed E-state index contributed by atoms with van der Waals surface area (Å²) in [6.07, 6.45) is 9.25. The molecule has 1 spiro atoms. The van der Waals surface area contributed by atoms with Gasteiger partial charge in [0.25, 0.3) is 5.91 Å². The molecule has 2 fully saturated rings. The zero-order valence-electron chi connectivity index (χ0n) is 26.3. The first-order chi connectivity index (χ1) is 21.8. The van der Waals surface area contributed by atoms with Crippen LogP contribution >= 0.6 is 0 Å². The highest BCUT2D eigenvalue weighted by Crippen LogP contribution is 2.57. The van der Waals surface area contributed by atoms with Crippen molar-refractivity contribution in [3.63, 3.8) is 0 Å². The molecule has 2 aromatic carbocycles. The number of cyclic esters (lactones) is 1. The first-order valence-electron chi connectivity index (χ1n) is 16.1. The predicted molar refractivity (Wildman–Crippen MR) is 172 cm³/mol. The predicted octanol–water partition coefficient (Wildman–Crippen LogP) is 3.90. The molecule has 0 radical (unpaired) electrons. The van der Waals surface area contributed by atoms with Crippen LogP contribution in [0.2, 0.25) is 0 Å². The molecule has 0 bridgehead atoms. The summed E-state index contributed by atoms with van der Waals surface area (Å²) >= 11 is 0. The summed E-state index contributed by atoms with van der Waals surface area (Å²) in [5.74, 6) is -3.16. The van der Waals surface area contributed by atoms with E-state index >= 15 is 0 Å². The number of aliphatic hydroxyl groups is 1. The Labute approximate surface area is 265 Å². The summed E-state index contributed by atoms with van der Waals surface area (Å²) in [5.41, 5.74) is 0.0831. The molecule has 6 atom stereocenters. The number of benzene rings is 2. The van der Waals surface area contributed by atoms with Gasteiger partial charge in [-0.1, -0.05) is 54.6 Å². The number of carbonyl (C=O) groups excluding carboxylic acids is 3. The number of hydrogen-bond donors (Lipinski definition) is 1. The second-order valence-electron chi connectivity index (χ2n) is 12.5. The summed E-state index contributed by atoms with van der Waals surface area (Å²) in [4.78, 5) is 48.8. The van der Waals surface area contributed by atoms with E-state index in [1.54, 1.807) is 4.90 Å². The highest BCUT2D eigenvalue weighted by Gasteiger charge is 2.75. The van der Waals surface area contributed by atoms with Gasteiger partial charge in [0.2, 0.25) is 5.91 Å². The standard InChI is InChI=1S/C36H43N3O6/c1-4-37(5-2)26-15-17-27(18-16-26)38-21-12-20-36-29(30-34(43)44-22-11-7-10-19-35(30,3)45-36)32(41)39(31(36)33(38)42)28(24-40)23-25-13-8-6-9-14-25/h6,8-10,12-20,28-31,40H,4-5,7,11,21-24H2,1-3H3/b19-10-/t28-,29+,30+,31?,35-,36+/m1/s1. The van der Waals surface area contributed by atoms with Gasteiger partial charge in [-0.05, 0) is 69.9 Å². The average molecular weight is 614 g/mol. The number of nitrogens with zero attached hydrogens (tertiary/aromatic N) is 3. The number of amides is 2. The Hall–Kier alpha value is -3.95. The van der Waals surface area contributed by atoms with Crippen molar-refractivity contribution in [2.45, 2.75) is 63.3 Å². The molecule has 0 aromatic heterocycles. The Morgan fingerprint density at radius 1 is 0.956 bits per heavy atom. The highest BCUT2D eigenvalue weighted by atomic mass is 16.6. The number of allylic oxidation sites excluding steroid dienone is 1. The van der Waals surface area contributed by atoms with E-state index in [1.165, 1.54) is 4.90 Å². The maximum Gasteiger partial charge on any atom is 0.313 e. The highest BCUT2D eigenvalue weighted by molar-refractivity contribution is 6.06. The smallest absolute Gasteiger partial charge is 0.313 e. The molecule has 2 saturated heterocycles. The number of aliphatic hydroxyl groups excluding tert-OH is 1. The molecular weight excluding hydrogens is 570 g/mol. The topological polar surface area (TPSA) is 99.6 Å². The summed E-state index contributed by atoms with van der Waals surface area (Å²) in [6, 6.07) is 15.6. The van der Waals surface area contributed by atoms with Crippen molar-refractivity contribution in [1.29, 1.82) is 0 Å². The molecule has 45 heavy (non-hydrogen) atoms. The third kappa shape index (κ3) is 5.25. The van der Waals surface area contributed by atoms with Crippen LogP contribution < -0.4 is 9.80 Å². The molecule has 9 heteroatoms. The lowest BCUT2D eigenvalue weighted by Crippen LogP contribution is -2.59. The van der Waals surface area contributed by atoms with Crippen LogP contribution in [0, 0.1) is 11.8 Å². The Balaban J connectivity index is 1.46. The van der Waals surface area contributed by atoms with Crippen LogP contribution in [-0.4, -0.2) is 83.9 Å². The zero-order valence-corrected chi connectivity index (χ0v) is 26.3. The second kappa shape index (κ2) is 12.4. The van der Waals surface area contributed by atoms with E-state index in [1.807, 2.05) is 85.8 Å². The lowest BCUT2D eigenvalue weighted by Gasteiger charge is -2.40. The number of anilines is 2. The third-order valence-corrected chi connectivity index (χ3v) is 9.90. The van der Waals surface area contributed by atoms with Crippen molar-refractivity contribution in [3.05, 3.63) is 84.5 Å². The molecular formula is C36H43N3O6. The molecule has 4 heterocycles. The van der Waals surface area contributed by atoms with Crippen molar-refractivity contribution >= 4 is 29.2 Å². The Bertz CT molecular complexity index is 1470. The van der Waals surface area contributed by atoms with Crippen molar-refractivity contribution in [1.82, 2.24) is 4.90 Å². The summed E-state index contributed by atoms with van der Waals surface area (Å²) < 4.78 is 12.6. The number of fused-ring (bicyclic) bond motifs is 2. The molecule has 9 nitrogen and oxygen atoms in total.